The summed E-state index contributed by atoms with van der Waals surface area (Å²) in [6, 6.07) is 11.4. The Kier molecular flexibility index (Phi) is 3.97. The van der Waals surface area contributed by atoms with E-state index >= 15 is 0 Å². The number of nitrogens with zero attached hydrogens (tertiary/aromatic N) is 2. The van der Waals surface area contributed by atoms with Gasteiger partial charge in [-0.05, 0) is 36.4 Å². The molecule has 1 aromatic heterocycles. The van der Waals surface area contributed by atoms with Crippen LogP contribution in [0.5, 0.6) is 5.75 Å². The summed E-state index contributed by atoms with van der Waals surface area (Å²) in [6.07, 6.45) is 1.72. The van der Waals surface area contributed by atoms with E-state index in [4.69, 9.17) is 22.7 Å². The van der Waals surface area contributed by atoms with Gasteiger partial charge >= 0.3 is 0 Å². The van der Waals surface area contributed by atoms with Crippen molar-refractivity contribution in [2.45, 2.75) is 0 Å². The molecule has 0 bridgehead atoms. The molecule has 0 unspecified atom stereocenters. The number of aromatic nitrogens is 1. The Morgan fingerprint density at radius 1 is 1.26 bits per heavy atom. The summed E-state index contributed by atoms with van der Waals surface area (Å²) in [5.74, 6) is 1.55. The lowest BCUT2D eigenvalue weighted by Crippen LogP contribution is -2.18. The van der Waals surface area contributed by atoms with Crippen LogP contribution in [0.15, 0.2) is 42.6 Å². The van der Waals surface area contributed by atoms with Gasteiger partial charge in [-0.2, -0.15) is 0 Å². The molecule has 2 N–H and O–H groups in total. The van der Waals surface area contributed by atoms with Crippen LogP contribution in [0.4, 0.5) is 11.5 Å². The summed E-state index contributed by atoms with van der Waals surface area (Å²) in [5, 5.41) is 0. The Balaban J connectivity index is 2.37. The Morgan fingerprint density at radius 3 is 2.53 bits per heavy atom. The lowest BCUT2D eigenvalue weighted by Gasteiger charge is -2.21. The van der Waals surface area contributed by atoms with Crippen molar-refractivity contribution in [3.05, 3.63) is 48.2 Å². The molecule has 1 heterocycles. The molecule has 0 atom stereocenters. The molecule has 5 heteroatoms. The molecule has 2 aromatic rings. The molecule has 0 fully saturated rings. The van der Waals surface area contributed by atoms with Gasteiger partial charge in [0, 0.05) is 18.9 Å². The summed E-state index contributed by atoms with van der Waals surface area (Å²) in [6.45, 7) is 0. The summed E-state index contributed by atoms with van der Waals surface area (Å²) in [4.78, 5) is 6.62. The van der Waals surface area contributed by atoms with E-state index in [2.05, 4.69) is 4.98 Å². The molecule has 0 aliphatic carbocycles. The minimum absolute atomic E-state index is 0.337. The molecule has 1 aromatic carbocycles. The summed E-state index contributed by atoms with van der Waals surface area (Å²) in [5.41, 5.74) is 7.46. The van der Waals surface area contributed by atoms with Crippen molar-refractivity contribution in [3.8, 4) is 5.75 Å². The highest BCUT2D eigenvalue weighted by molar-refractivity contribution is 7.80. The van der Waals surface area contributed by atoms with Gasteiger partial charge in [0.1, 0.15) is 16.6 Å². The predicted octanol–water partition coefficient (Wildman–Crippen LogP) is 2.49. The summed E-state index contributed by atoms with van der Waals surface area (Å²) in [7, 11) is 3.56. The van der Waals surface area contributed by atoms with Gasteiger partial charge in [-0.3, -0.25) is 0 Å². The molecule has 4 nitrogen and oxygen atoms in total. The first-order chi connectivity index (χ1) is 9.13. The van der Waals surface area contributed by atoms with Crippen molar-refractivity contribution in [2.24, 2.45) is 5.73 Å². The first-order valence-electron chi connectivity index (χ1n) is 5.76. The Hall–Kier alpha value is -2.14. The number of ether oxygens (including phenoxy) is 1. The van der Waals surface area contributed by atoms with Gasteiger partial charge in [-0.1, -0.05) is 12.2 Å². The van der Waals surface area contributed by atoms with Crippen LogP contribution >= 0.6 is 12.2 Å². The monoisotopic (exact) mass is 273 g/mol. The number of hydrogen-bond acceptors (Lipinski definition) is 4. The number of rotatable bonds is 4. The largest absolute Gasteiger partial charge is 0.497 e. The molecule has 19 heavy (non-hydrogen) atoms. The summed E-state index contributed by atoms with van der Waals surface area (Å²) < 4.78 is 5.14. The van der Waals surface area contributed by atoms with E-state index in [1.807, 2.05) is 48.3 Å². The van der Waals surface area contributed by atoms with Gasteiger partial charge in [-0.25, -0.2) is 4.98 Å². The molecule has 98 valence electrons. The minimum Gasteiger partial charge on any atom is -0.497 e. The highest BCUT2D eigenvalue weighted by atomic mass is 32.1. The lowest BCUT2D eigenvalue weighted by molar-refractivity contribution is 0.415. The fraction of sp³-hybridized carbons (Fsp3) is 0.143. The Morgan fingerprint density at radius 2 is 1.95 bits per heavy atom. The van der Waals surface area contributed by atoms with Crippen molar-refractivity contribution < 1.29 is 4.74 Å². The van der Waals surface area contributed by atoms with Gasteiger partial charge in [0.2, 0.25) is 0 Å². The van der Waals surface area contributed by atoms with Crippen LogP contribution in [-0.4, -0.2) is 24.1 Å². The maximum Gasteiger partial charge on any atom is 0.142 e. The van der Waals surface area contributed by atoms with E-state index in [1.165, 1.54) is 0 Å². The second-order valence-electron chi connectivity index (χ2n) is 4.00. The zero-order chi connectivity index (χ0) is 13.8. The van der Waals surface area contributed by atoms with E-state index in [0.29, 0.717) is 4.99 Å². The zero-order valence-electron chi connectivity index (χ0n) is 10.8. The number of pyridine rings is 1. The molecule has 0 spiro atoms. The van der Waals surface area contributed by atoms with Gasteiger partial charge in [0.15, 0.2) is 0 Å². The molecular weight excluding hydrogens is 258 g/mol. The van der Waals surface area contributed by atoms with Crippen LogP contribution in [0, 0.1) is 0 Å². The number of anilines is 2. The van der Waals surface area contributed by atoms with Gasteiger partial charge in [0.25, 0.3) is 0 Å². The van der Waals surface area contributed by atoms with Crippen LogP contribution < -0.4 is 15.4 Å². The number of nitrogens with two attached hydrogens (primary N) is 1. The third kappa shape index (κ3) is 2.82. The van der Waals surface area contributed by atoms with Crippen LogP contribution in [-0.2, 0) is 0 Å². The fourth-order valence-electron chi connectivity index (χ4n) is 1.78. The first kappa shape index (κ1) is 13.3. The van der Waals surface area contributed by atoms with Gasteiger partial charge in [0.05, 0.1) is 12.7 Å². The normalized spacial score (nSPS) is 10.0. The predicted molar refractivity (Wildman–Crippen MR) is 81.2 cm³/mol. The average molecular weight is 273 g/mol. The second kappa shape index (κ2) is 5.67. The Bertz CT molecular complexity index is 583. The van der Waals surface area contributed by atoms with Gasteiger partial charge < -0.3 is 15.4 Å². The number of benzene rings is 1. The molecule has 2 rings (SSSR count). The number of hydrogen-bond donors (Lipinski definition) is 1. The van der Waals surface area contributed by atoms with Crippen LogP contribution in [0.3, 0.4) is 0 Å². The summed E-state index contributed by atoms with van der Waals surface area (Å²) >= 11 is 5.05. The second-order valence-corrected chi connectivity index (χ2v) is 4.44. The van der Waals surface area contributed by atoms with E-state index in [-0.39, 0.29) is 0 Å². The van der Waals surface area contributed by atoms with Crippen LogP contribution in [0.25, 0.3) is 0 Å². The van der Waals surface area contributed by atoms with Crippen molar-refractivity contribution in [3.63, 3.8) is 0 Å². The third-order valence-electron chi connectivity index (χ3n) is 2.83. The zero-order valence-corrected chi connectivity index (χ0v) is 11.6. The molecule has 0 saturated carbocycles. The first-order valence-corrected chi connectivity index (χ1v) is 6.17. The lowest BCUT2D eigenvalue weighted by atomic mass is 10.2. The van der Waals surface area contributed by atoms with E-state index in [1.54, 1.807) is 13.3 Å². The third-order valence-corrected chi connectivity index (χ3v) is 3.05. The molecular formula is C14H15N3OS. The van der Waals surface area contributed by atoms with Crippen molar-refractivity contribution in [1.82, 2.24) is 4.98 Å². The highest BCUT2D eigenvalue weighted by Crippen LogP contribution is 2.26. The molecule has 0 radical (unpaired) electrons. The van der Waals surface area contributed by atoms with Crippen molar-refractivity contribution in [1.29, 1.82) is 0 Å². The van der Waals surface area contributed by atoms with Crippen molar-refractivity contribution >= 4 is 28.7 Å². The average Bonchev–Trinajstić information content (AvgIpc) is 2.46. The molecule has 0 amide bonds. The number of methoxy groups -OCH3 is 1. The highest BCUT2D eigenvalue weighted by Gasteiger charge is 2.12. The van der Waals surface area contributed by atoms with Gasteiger partial charge in [-0.15, -0.1) is 0 Å². The standard InChI is InChI=1S/C14H15N3OS/c1-17(10-5-7-11(18-2)8-6-10)14-12(13(15)19)4-3-9-16-14/h3-9H,1-2H3,(H2,15,19). The number of thiocarbonyl (C=S) groups is 1. The maximum absolute atomic E-state index is 5.72. The van der Waals surface area contributed by atoms with E-state index in [9.17, 15) is 0 Å². The SMILES string of the molecule is COc1ccc(N(C)c2ncccc2C(N)=S)cc1. The minimum atomic E-state index is 0.337. The van der Waals surface area contributed by atoms with Crippen LogP contribution in [0.1, 0.15) is 5.56 Å². The Labute approximate surface area is 117 Å². The van der Waals surface area contributed by atoms with E-state index in [0.717, 1.165) is 22.8 Å². The van der Waals surface area contributed by atoms with Crippen molar-refractivity contribution in [2.75, 3.05) is 19.1 Å². The smallest absolute Gasteiger partial charge is 0.142 e. The molecule has 0 aliphatic rings. The fourth-order valence-corrected chi connectivity index (χ4v) is 1.94. The maximum atomic E-state index is 5.72. The molecule has 0 aliphatic heterocycles. The van der Waals surface area contributed by atoms with E-state index < -0.39 is 0 Å². The quantitative estimate of drug-likeness (QED) is 0.867. The molecule has 0 saturated heterocycles. The topological polar surface area (TPSA) is 51.4 Å². The van der Waals surface area contributed by atoms with Crippen LogP contribution in [0.2, 0.25) is 0 Å².